The van der Waals surface area contributed by atoms with Crippen LogP contribution in [0.4, 0.5) is 0 Å². The number of halogens is 2. The number of aromatic carboxylic acids is 1. The van der Waals surface area contributed by atoms with E-state index in [-0.39, 0.29) is 21.2 Å². The first kappa shape index (κ1) is 13.8. The van der Waals surface area contributed by atoms with Crippen LogP contribution >= 0.6 is 23.2 Å². The number of amides is 1. The molecule has 1 aromatic carbocycles. The predicted molar refractivity (Wildman–Crippen MR) is 66.0 cm³/mol. The van der Waals surface area contributed by atoms with Crippen LogP contribution in [0.15, 0.2) is 12.1 Å². The Balaban J connectivity index is 3.20. The minimum absolute atomic E-state index is 0.0246. The Labute approximate surface area is 109 Å². The minimum atomic E-state index is -1.26. The molecule has 0 heterocycles. The molecular weight excluding hydrogens is 265 g/mol. The number of rotatable bonds is 4. The van der Waals surface area contributed by atoms with Crippen LogP contribution in [-0.2, 0) is 0 Å². The van der Waals surface area contributed by atoms with E-state index in [1.54, 1.807) is 0 Å². The maximum Gasteiger partial charge on any atom is 0.338 e. The lowest BCUT2D eigenvalue weighted by Gasteiger charge is -2.09. The summed E-state index contributed by atoms with van der Waals surface area (Å²) in [4.78, 5) is 22.8. The van der Waals surface area contributed by atoms with Gasteiger partial charge in [-0.1, -0.05) is 30.1 Å². The van der Waals surface area contributed by atoms with Crippen molar-refractivity contribution in [2.75, 3.05) is 6.54 Å². The van der Waals surface area contributed by atoms with E-state index in [1.807, 2.05) is 6.92 Å². The molecule has 1 rings (SSSR count). The number of hydrogen-bond acceptors (Lipinski definition) is 2. The fourth-order valence-electron chi connectivity index (χ4n) is 1.30. The maximum absolute atomic E-state index is 11.7. The van der Waals surface area contributed by atoms with Gasteiger partial charge in [0.15, 0.2) is 0 Å². The molecule has 0 saturated heterocycles. The molecule has 1 amide bonds. The molecule has 0 aliphatic rings. The smallest absolute Gasteiger partial charge is 0.338 e. The largest absolute Gasteiger partial charge is 0.478 e. The average molecular weight is 276 g/mol. The Morgan fingerprint density at radius 3 is 2.53 bits per heavy atom. The molecule has 0 bridgehead atoms. The Morgan fingerprint density at radius 1 is 1.35 bits per heavy atom. The van der Waals surface area contributed by atoms with Crippen molar-refractivity contribution >= 4 is 35.1 Å². The van der Waals surface area contributed by atoms with Gasteiger partial charge in [-0.3, -0.25) is 4.79 Å². The fraction of sp³-hybridized carbons (Fsp3) is 0.273. The molecule has 0 atom stereocenters. The number of hydrogen-bond donors (Lipinski definition) is 2. The van der Waals surface area contributed by atoms with Crippen molar-refractivity contribution in [2.24, 2.45) is 0 Å². The summed E-state index contributed by atoms with van der Waals surface area (Å²) in [6.45, 7) is 2.35. The minimum Gasteiger partial charge on any atom is -0.478 e. The first-order chi connectivity index (χ1) is 7.97. The second-order valence-electron chi connectivity index (χ2n) is 3.37. The zero-order valence-electron chi connectivity index (χ0n) is 9.09. The number of carboxylic acid groups (broad SMARTS) is 1. The predicted octanol–water partition coefficient (Wildman–Crippen LogP) is 2.83. The van der Waals surface area contributed by atoms with E-state index in [4.69, 9.17) is 28.3 Å². The van der Waals surface area contributed by atoms with E-state index in [2.05, 4.69) is 5.32 Å². The summed E-state index contributed by atoms with van der Waals surface area (Å²) in [6, 6.07) is 2.59. The maximum atomic E-state index is 11.7. The standard InChI is InChI=1S/C11H11Cl2NO3/c1-2-3-14-10(15)7-4-6(12)5-8(13)9(7)11(16)17/h4-5H,2-3H2,1H3,(H,14,15)(H,16,17). The lowest BCUT2D eigenvalue weighted by Crippen LogP contribution is -2.26. The summed E-state index contributed by atoms with van der Waals surface area (Å²) in [5.41, 5.74) is -0.256. The molecule has 2 N–H and O–H groups in total. The third kappa shape index (κ3) is 3.35. The average Bonchev–Trinajstić information content (AvgIpc) is 2.23. The van der Waals surface area contributed by atoms with Gasteiger partial charge in [-0.25, -0.2) is 4.79 Å². The van der Waals surface area contributed by atoms with Gasteiger partial charge in [-0.05, 0) is 18.6 Å². The van der Waals surface area contributed by atoms with Crippen LogP contribution in [-0.4, -0.2) is 23.5 Å². The summed E-state index contributed by atoms with van der Waals surface area (Å²) < 4.78 is 0. The molecule has 4 nitrogen and oxygen atoms in total. The summed E-state index contributed by atoms with van der Waals surface area (Å²) in [5, 5.41) is 11.8. The number of carboxylic acids is 1. The Morgan fingerprint density at radius 2 is 2.00 bits per heavy atom. The van der Waals surface area contributed by atoms with Gasteiger partial charge in [0, 0.05) is 11.6 Å². The molecule has 0 saturated carbocycles. The van der Waals surface area contributed by atoms with Crippen LogP contribution in [0, 0.1) is 0 Å². The molecule has 0 aromatic heterocycles. The van der Waals surface area contributed by atoms with Crippen LogP contribution < -0.4 is 5.32 Å². The van der Waals surface area contributed by atoms with Gasteiger partial charge >= 0.3 is 5.97 Å². The molecule has 92 valence electrons. The van der Waals surface area contributed by atoms with E-state index in [0.29, 0.717) is 6.54 Å². The number of nitrogens with one attached hydrogen (secondary N) is 1. The summed E-state index contributed by atoms with van der Waals surface area (Å²) in [6.07, 6.45) is 0.752. The van der Waals surface area contributed by atoms with Gasteiger partial charge in [0.05, 0.1) is 16.1 Å². The van der Waals surface area contributed by atoms with Crippen LogP contribution in [0.1, 0.15) is 34.1 Å². The molecule has 0 fully saturated rings. The highest BCUT2D eigenvalue weighted by molar-refractivity contribution is 6.37. The normalized spacial score (nSPS) is 10.1. The SMILES string of the molecule is CCCNC(=O)c1cc(Cl)cc(Cl)c1C(=O)O. The van der Waals surface area contributed by atoms with E-state index in [0.717, 1.165) is 6.42 Å². The van der Waals surface area contributed by atoms with Gasteiger partial charge in [0.2, 0.25) is 0 Å². The highest BCUT2D eigenvalue weighted by Crippen LogP contribution is 2.25. The molecule has 0 radical (unpaired) electrons. The van der Waals surface area contributed by atoms with Crippen LogP contribution in [0.3, 0.4) is 0 Å². The van der Waals surface area contributed by atoms with Crippen molar-refractivity contribution in [1.29, 1.82) is 0 Å². The lowest BCUT2D eigenvalue weighted by molar-refractivity contribution is 0.0691. The van der Waals surface area contributed by atoms with Gasteiger partial charge in [0.25, 0.3) is 5.91 Å². The summed E-state index contributed by atoms with van der Waals surface area (Å²) >= 11 is 11.5. The van der Waals surface area contributed by atoms with Crippen molar-refractivity contribution in [3.05, 3.63) is 33.3 Å². The monoisotopic (exact) mass is 275 g/mol. The number of carbonyl (C=O) groups excluding carboxylic acids is 1. The lowest BCUT2D eigenvalue weighted by atomic mass is 10.1. The molecular formula is C11H11Cl2NO3. The number of carbonyl (C=O) groups is 2. The highest BCUT2D eigenvalue weighted by atomic mass is 35.5. The van der Waals surface area contributed by atoms with Crippen molar-refractivity contribution in [1.82, 2.24) is 5.32 Å². The van der Waals surface area contributed by atoms with Gasteiger partial charge in [-0.15, -0.1) is 0 Å². The Hall–Kier alpha value is -1.26. The van der Waals surface area contributed by atoms with Gasteiger partial charge in [-0.2, -0.15) is 0 Å². The van der Waals surface area contributed by atoms with Crippen molar-refractivity contribution in [2.45, 2.75) is 13.3 Å². The second kappa shape index (κ2) is 5.89. The fourth-order valence-corrected chi connectivity index (χ4v) is 1.88. The quantitative estimate of drug-likeness (QED) is 0.888. The molecule has 6 heteroatoms. The van der Waals surface area contributed by atoms with Crippen molar-refractivity contribution < 1.29 is 14.7 Å². The zero-order valence-corrected chi connectivity index (χ0v) is 10.6. The van der Waals surface area contributed by atoms with Crippen LogP contribution in [0.25, 0.3) is 0 Å². The summed E-state index contributed by atoms with van der Waals surface area (Å²) in [5.74, 6) is -1.75. The first-order valence-corrected chi connectivity index (χ1v) is 5.73. The van der Waals surface area contributed by atoms with E-state index in [1.165, 1.54) is 12.1 Å². The molecule has 1 aromatic rings. The first-order valence-electron chi connectivity index (χ1n) is 4.98. The van der Waals surface area contributed by atoms with E-state index in [9.17, 15) is 9.59 Å². The van der Waals surface area contributed by atoms with Gasteiger partial charge in [0.1, 0.15) is 0 Å². The molecule has 0 aliphatic carbocycles. The number of benzene rings is 1. The van der Waals surface area contributed by atoms with Crippen LogP contribution in [0.5, 0.6) is 0 Å². The van der Waals surface area contributed by atoms with E-state index < -0.39 is 11.9 Å². The second-order valence-corrected chi connectivity index (χ2v) is 4.21. The zero-order chi connectivity index (χ0) is 13.0. The van der Waals surface area contributed by atoms with Gasteiger partial charge < -0.3 is 10.4 Å². The molecule has 0 unspecified atom stereocenters. The Bertz CT molecular complexity index is 460. The Kier molecular flexibility index (Phi) is 4.78. The summed E-state index contributed by atoms with van der Waals surface area (Å²) in [7, 11) is 0. The molecule has 0 aliphatic heterocycles. The van der Waals surface area contributed by atoms with Crippen molar-refractivity contribution in [3.63, 3.8) is 0 Å². The van der Waals surface area contributed by atoms with E-state index >= 15 is 0 Å². The highest BCUT2D eigenvalue weighted by Gasteiger charge is 2.20. The third-order valence-electron chi connectivity index (χ3n) is 2.05. The molecule has 17 heavy (non-hydrogen) atoms. The third-order valence-corrected chi connectivity index (χ3v) is 2.57. The topological polar surface area (TPSA) is 66.4 Å². The van der Waals surface area contributed by atoms with Crippen LogP contribution in [0.2, 0.25) is 10.0 Å². The van der Waals surface area contributed by atoms with Crippen molar-refractivity contribution in [3.8, 4) is 0 Å². The molecule has 0 spiro atoms.